The second kappa shape index (κ2) is 7.46. The first-order valence-electron chi connectivity index (χ1n) is 9.45. The number of rotatable bonds is 4. The molecule has 0 saturated heterocycles. The highest BCUT2D eigenvalue weighted by Gasteiger charge is 2.38. The summed E-state index contributed by atoms with van der Waals surface area (Å²) in [7, 11) is 1.44. The molecular weight excluding hydrogens is 385 g/mol. The van der Waals surface area contributed by atoms with Crippen molar-refractivity contribution in [1.82, 2.24) is 20.2 Å². The smallest absolute Gasteiger partial charge is 0.450 e. The van der Waals surface area contributed by atoms with Crippen LogP contribution in [-0.2, 0) is 11.0 Å². The Morgan fingerprint density at radius 2 is 2.07 bits per heavy atom. The average molecular weight is 406 g/mol. The molecule has 1 aromatic heterocycles. The number of amides is 1. The van der Waals surface area contributed by atoms with E-state index in [1.54, 1.807) is 24.3 Å². The highest BCUT2D eigenvalue weighted by atomic mass is 19.4. The summed E-state index contributed by atoms with van der Waals surface area (Å²) in [5, 5.41) is 5.83. The van der Waals surface area contributed by atoms with Crippen molar-refractivity contribution in [2.75, 3.05) is 7.11 Å². The number of dihydropyridines is 1. The Morgan fingerprint density at radius 1 is 1.31 bits per heavy atom. The summed E-state index contributed by atoms with van der Waals surface area (Å²) in [6, 6.07) is 4.59. The quantitative estimate of drug-likeness (QED) is 0.813. The maximum absolute atomic E-state index is 13.6. The molecule has 2 aromatic rings. The Bertz CT molecular complexity index is 988. The standard InChI is InChI=1S/C20H21F3N4O2/c1-29-14-7-8-16-15(10-14)25-19(20(21,22)23)27(16)13-6-9-17(24-11-13)26-18(28)12-4-2-3-5-12/h6-12,17,24H,2-5H2,1H3,(H,26,28). The largest absolute Gasteiger partial charge is 0.497 e. The van der Waals surface area contributed by atoms with E-state index in [2.05, 4.69) is 15.6 Å². The third-order valence-electron chi connectivity index (χ3n) is 5.27. The summed E-state index contributed by atoms with van der Waals surface area (Å²) in [5.74, 6) is -0.610. The zero-order valence-electron chi connectivity index (χ0n) is 15.8. The van der Waals surface area contributed by atoms with E-state index in [1.807, 2.05) is 0 Å². The molecule has 1 aliphatic carbocycles. The first kappa shape index (κ1) is 19.4. The number of hydrogen-bond donors (Lipinski definition) is 2. The molecule has 1 unspecified atom stereocenters. The molecule has 1 fully saturated rings. The molecule has 1 atom stereocenters. The van der Waals surface area contributed by atoms with Crippen molar-refractivity contribution in [3.8, 4) is 5.75 Å². The Balaban J connectivity index is 1.60. The predicted molar refractivity (Wildman–Crippen MR) is 102 cm³/mol. The van der Waals surface area contributed by atoms with Crippen LogP contribution in [0.1, 0.15) is 31.5 Å². The van der Waals surface area contributed by atoms with Gasteiger partial charge in [0.15, 0.2) is 0 Å². The van der Waals surface area contributed by atoms with Crippen LogP contribution < -0.4 is 15.4 Å². The number of fused-ring (bicyclic) bond motifs is 1. The van der Waals surface area contributed by atoms with Crippen molar-refractivity contribution < 1.29 is 22.7 Å². The van der Waals surface area contributed by atoms with Gasteiger partial charge in [0.2, 0.25) is 11.7 Å². The molecule has 0 spiro atoms. The van der Waals surface area contributed by atoms with Gasteiger partial charge < -0.3 is 15.4 Å². The van der Waals surface area contributed by atoms with Gasteiger partial charge in [0.05, 0.1) is 23.8 Å². The number of allylic oxidation sites excluding steroid dienone is 2. The number of benzene rings is 1. The zero-order chi connectivity index (χ0) is 20.6. The third-order valence-corrected chi connectivity index (χ3v) is 5.27. The van der Waals surface area contributed by atoms with Gasteiger partial charge in [-0.25, -0.2) is 4.98 Å². The number of ether oxygens (including phenoxy) is 1. The minimum atomic E-state index is -4.63. The van der Waals surface area contributed by atoms with Crippen LogP contribution in [0.5, 0.6) is 5.75 Å². The fraction of sp³-hybridized carbons (Fsp3) is 0.400. The van der Waals surface area contributed by atoms with Gasteiger partial charge in [-0.1, -0.05) is 12.8 Å². The number of alkyl halides is 3. The molecule has 6 nitrogen and oxygen atoms in total. The molecule has 0 radical (unpaired) electrons. The van der Waals surface area contributed by atoms with Crippen LogP contribution in [-0.4, -0.2) is 28.7 Å². The van der Waals surface area contributed by atoms with E-state index in [4.69, 9.17) is 4.74 Å². The number of halogens is 3. The van der Waals surface area contributed by atoms with Gasteiger partial charge in [-0.15, -0.1) is 0 Å². The minimum absolute atomic E-state index is 0.0139. The van der Waals surface area contributed by atoms with Crippen molar-refractivity contribution in [2.24, 2.45) is 5.92 Å². The van der Waals surface area contributed by atoms with E-state index >= 15 is 0 Å². The molecule has 4 rings (SSSR count). The van der Waals surface area contributed by atoms with Crippen molar-refractivity contribution in [1.29, 1.82) is 0 Å². The molecule has 154 valence electrons. The summed E-state index contributed by atoms with van der Waals surface area (Å²) in [6.07, 6.45) is 3.41. The number of nitrogens with zero attached hydrogens (tertiary/aromatic N) is 2. The lowest BCUT2D eigenvalue weighted by atomic mass is 10.1. The highest BCUT2D eigenvalue weighted by Crippen LogP contribution is 2.35. The second-order valence-electron chi connectivity index (χ2n) is 7.19. The van der Waals surface area contributed by atoms with Crippen molar-refractivity contribution in [3.05, 3.63) is 42.4 Å². The number of hydrogen-bond acceptors (Lipinski definition) is 4. The van der Waals surface area contributed by atoms with Gasteiger partial charge in [0.1, 0.15) is 11.9 Å². The molecule has 1 amide bonds. The fourth-order valence-corrected chi connectivity index (χ4v) is 3.80. The number of imidazole rings is 1. The summed E-state index contributed by atoms with van der Waals surface area (Å²) in [5.41, 5.74) is 0.767. The Morgan fingerprint density at radius 3 is 2.69 bits per heavy atom. The van der Waals surface area contributed by atoms with Crippen LogP contribution >= 0.6 is 0 Å². The lowest BCUT2D eigenvalue weighted by Gasteiger charge is -2.23. The first-order chi connectivity index (χ1) is 13.9. The molecule has 1 saturated carbocycles. The molecule has 1 aliphatic heterocycles. The van der Waals surface area contributed by atoms with Crippen LogP contribution in [0.3, 0.4) is 0 Å². The predicted octanol–water partition coefficient (Wildman–Crippen LogP) is 3.65. The van der Waals surface area contributed by atoms with E-state index in [9.17, 15) is 18.0 Å². The van der Waals surface area contributed by atoms with Crippen LogP contribution in [0.15, 0.2) is 36.6 Å². The second-order valence-corrected chi connectivity index (χ2v) is 7.19. The molecule has 2 aliphatic rings. The molecule has 1 aromatic carbocycles. The van der Waals surface area contributed by atoms with Crippen molar-refractivity contribution >= 4 is 22.6 Å². The van der Waals surface area contributed by atoms with E-state index in [-0.39, 0.29) is 23.0 Å². The zero-order valence-corrected chi connectivity index (χ0v) is 15.8. The van der Waals surface area contributed by atoms with Gasteiger partial charge in [0.25, 0.3) is 0 Å². The van der Waals surface area contributed by atoms with Gasteiger partial charge in [0, 0.05) is 18.2 Å². The summed E-state index contributed by atoms with van der Waals surface area (Å²) in [6.45, 7) is 0. The van der Waals surface area contributed by atoms with Crippen molar-refractivity contribution in [3.63, 3.8) is 0 Å². The lowest BCUT2D eigenvalue weighted by Crippen LogP contribution is -2.45. The number of nitrogens with one attached hydrogen (secondary N) is 2. The van der Waals surface area contributed by atoms with E-state index in [0.29, 0.717) is 11.3 Å². The Labute approximate surface area is 165 Å². The number of carbonyl (C=O) groups excluding carboxylic acids is 1. The average Bonchev–Trinajstić information content (AvgIpc) is 3.36. The maximum atomic E-state index is 13.6. The van der Waals surface area contributed by atoms with E-state index in [0.717, 1.165) is 30.3 Å². The maximum Gasteiger partial charge on any atom is 0.450 e. The number of methoxy groups -OCH3 is 1. The van der Waals surface area contributed by atoms with Gasteiger partial charge >= 0.3 is 6.18 Å². The number of aromatic nitrogens is 2. The Kier molecular flexibility index (Phi) is 4.97. The van der Waals surface area contributed by atoms with Gasteiger partial charge in [-0.3, -0.25) is 9.36 Å². The summed E-state index contributed by atoms with van der Waals surface area (Å²) in [4.78, 5) is 16.0. The third kappa shape index (κ3) is 3.81. The molecule has 2 N–H and O–H groups in total. The molecule has 29 heavy (non-hydrogen) atoms. The molecule has 2 heterocycles. The number of carbonyl (C=O) groups is 1. The van der Waals surface area contributed by atoms with Crippen LogP contribution in [0, 0.1) is 5.92 Å². The summed E-state index contributed by atoms with van der Waals surface area (Å²) >= 11 is 0. The summed E-state index contributed by atoms with van der Waals surface area (Å²) < 4.78 is 46.9. The first-order valence-corrected chi connectivity index (χ1v) is 9.45. The monoisotopic (exact) mass is 406 g/mol. The van der Waals surface area contributed by atoms with Crippen LogP contribution in [0.4, 0.5) is 13.2 Å². The van der Waals surface area contributed by atoms with Crippen molar-refractivity contribution in [2.45, 2.75) is 38.0 Å². The van der Waals surface area contributed by atoms with Crippen LogP contribution in [0.2, 0.25) is 0 Å². The fourth-order valence-electron chi connectivity index (χ4n) is 3.80. The van der Waals surface area contributed by atoms with Crippen LogP contribution in [0.25, 0.3) is 16.7 Å². The lowest BCUT2D eigenvalue weighted by molar-refractivity contribution is -0.145. The van der Waals surface area contributed by atoms with E-state index < -0.39 is 18.2 Å². The van der Waals surface area contributed by atoms with E-state index in [1.165, 1.54) is 19.4 Å². The minimum Gasteiger partial charge on any atom is -0.497 e. The van der Waals surface area contributed by atoms with Gasteiger partial charge in [-0.2, -0.15) is 13.2 Å². The highest BCUT2D eigenvalue weighted by molar-refractivity contribution is 5.84. The Hall–Kier alpha value is -2.97. The van der Waals surface area contributed by atoms with Gasteiger partial charge in [-0.05, 0) is 37.1 Å². The molecule has 9 heteroatoms. The normalized spacial score (nSPS) is 19.9. The SMILES string of the molecule is COc1ccc2c(c1)nc(C(F)(F)F)n2C1=CNC(NC(=O)C2CCCC2)C=C1. The molecular formula is C20H21F3N4O2. The topological polar surface area (TPSA) is 68.2 Å². The molecule has 0 bridgehead atoms.